The molecule has 152 valence electrons. The van der Waals surface area contributed by atoms with Crippen LogP contribution in [0.2, 0.25) is 0 Å². The Balaban J connectivity index is 1.60. The summed E-state index contributed by atoms with van der Waals surface area (Å²) in [5.74, 6) is 0.834. The standard InChI is InChI=1S/C20H20N8O2/c1-13(2)27-12-22-25-18(27)16-5-4-6-17(23-16)24-19(29)15-11-28(26-20(15)30-3)14-7-9-21-10-8-14/h4-13H,1-3H3,(H,23,24,29). The SMILES string of the molecule is COc1nn(-c2ccncc2)cc1C(=O)Nc1cccc(-c2nncn2C(C)C)n1. The number of hydrogen-bond acceptors (Lipinski definition) is 7. The largest absolute Gasteiger partial charge is 0.479 e. The van der Waals surface area contributed by atoms with Crippen molar-refractivity contribution in [2.45, 2.75) is 19.9 Å². The highest BCUT2D eigenvalue weighted by molar-refractivity contribution is 6.05. The molecule has 0 fully saturated rings. The third kappa shape index (κ3) is 3.75. The minimum absolute atomic E-state index is 0.179. The molecule has 0 atom stereocenters. The Morgan fingerprint density at radius 3 is 2.70 bits per heavy atom. The third-order valence-corrected chi connectivity index (χ3v) is 4.39. The Hall–Kier alpha value is -4.08. The minimum Gasteiger partial charge on any atom is -0.479 e. The van der Waals surface area contributed by atoms with Gasteiger partial charge in [0.25, 0.3) is 5.91 Å². The number of methoxy groups -OCH3 is 1. The number of hydrogen-bond donors (Lipinski definition) is 1. The van der Waals surface area contributed by atoms with Gasteiger partial charge in [-0.05, 0) is 38.1 Å². The summed E-state index contributed by atoms with van der Waals surface area (Å²) in [4.78, 5) is 21.4. The molecule has 1 amide bonds. The Morgan fingerprint density at radius 1 is 1.17 bits per heavy atom. The van der Waals surface area contributed by atoms with Crippen molar-refractivity contribution in [2.75, 3.05) is 12.4 Å². The third-order valence-electron chi connectivity index (χ3n) is 4.39. The van der Waals surface area contributed by atoms with Gasteiger partial charge in [-0.3, -0.25) is 9.78 Å². The maximum Gasteiger partial charge on any atom is 0.263 e. The van der Waals surface area contributed by atoms with E-state index >= 15 is 0 Å². The van der Waals surface area contributed by atoms with Crippen LogP contribution < -0.4 is 10.1 Å². The van der Waals surface area contributed by atoms with Crippen LogP contribution in [-0.2, 0) is 0 Å². The van der Waals surface area contributed by atoms with Crippen molar-refractivity contribution in [1.29, 1.82) is 0 Å². The molecule has 0 radical (unpaired) electrons. The molecular formula is C20H20N8O2. The predicted molar refractivity (Wildman–Crippen MR) is 110 cm³/mol. The van der Waals surface area contributed by atoms with Gasteiger partial charge in [0, 0.05) is 24.6 Å². The van der Waals surface area contributed by atoms with E-state index in [1.807, 2.05) is 24.5 Å². The van der Waals surface area contributed by atoms with Gasteiger partial charge in [0.2, 0.25) is 5.88 Å². The van der Waals surface area contributed by atoms with Gasteiger partial charge in [-0.15, -0.1) is 15.3 Å². The number of amides is 1. The van der Waals surface area contributed by atoms with E-state index in [2.05, 4.69) is 30.6 Å². The summed E-state index contributed by atoms with van der Waals surface area (Å²) in [6.07, 6.45) is 6.55. The van der Waals surface area contributed by atoms with Crippen molar-refractivity contribution in [3.8, 4) is 23.1 Å². The monoisotopic (exact) mass is 404 g/mol. The van der Waals surface area contributed by atoms with Crippen molar-refractivity contribution < 1.29 is 9.53 Å². The summed E-state index contributed by atoms with van der Waals surface area (Å²) < 4.78 is 8.75. The summed E-state index contributed by atoms with van der Waals surface area (Å²) in [6.45, 7) is 4.07. The van der Waals surface area contributed by atoms with Crippen LogP contribution in [0.25, 0.3) is 17.2 Å². The number of carbonyl (C=O) groups excluding carboxylic acids is 1. The lowest BCUT2D eigenvalue weighted by molar-refractivity contribution is 0.102. The van der Waals surface area contributed by atoms with Crippen LogP contribution >= 0.6 is 0 Å². The zero-order valence-corrected chi connectivity index (χ0v) is 16.7. The maximum absolute atomic E-state index is 12.9. The van der Waals surface area contributed by atoms with Gasteiger partial charge in [0.05, 0.1) is 12.8 Å². The molecule has 0 unspecified atom stereocenters. The van der Waals surface area contributed by atoms with Gasteiger partial charge in [0.1, 0.15) is 23.4 Å². The highest BCUT2D eigenvalue weighted by Crippen LogP contribution is 2.22. The number of pyridine rings is 2. The molecule has 4 aromatic rings. The van der Waals surface area contributed by atoms with E-state index in [4.69, 9.17) is 4.74 Å². The van der Waals surface area contributed by atoms with E-state index in [0.29, 0.717) is 17.3 Å². The van der Waals surface area contributed by atoms with Crippen LogP contribution in [-0.4, -0.2) is 47.5 Å². The van der Waals surface area contributed by atoms with E-state index in [9.17, 15) is 4.79 Å². The van der Waals surface area contributed by atoms with Crippen LogP contribution in [0.1, 0.15) is 30.2 Å². The van der Waals surface area contributed by atoms with E-state index in [0.717, 1.165) is 5.69 Å². The lowest BCUT2D eigenvalue weighted by Gasteiger charge is -2.10. The Labute approximate surface area is 172 Å². The van der Waals surface area contributed by atoms with E-state index in [1.165, 1.54) is 7.11 Å². The number of nitrogens with zero attached hydrogens (tertiary/aromatic N) is 7. The van der Waals surface area contributed by atoms with Crippen molar-refractivity contribution in [3.05, 3.63) is 60.8 Å². The van der Waals surface area contributed by atoms with E-state index < -0.39 is 0 Å². The number of rotatable bonds is 6. The predicted octanol–water partition coefficient (Wildman–Crippen LogP) is 2.76. The fourth-order valence-electron chi connectivity index (χ4n) is 2.91. The average Bonchev–Trinajstić information content (AvgIpc) is 3.42. The Morgan fingerprint density at radius 2 is 1.97 bits per heavy atom. The van der Waals surface area contributed by atoms with Crippen molar-refractivity contribution in [3.63, 3.8) is 0 Å². The second-order valence-corrected chi connectivity index (χ2v) is 6.72. The molecule has 4 aromatic heterocycles. The molecule has 0 bridgehead atoms. The zero-order chi connectivity index (χ0) is 21.1. The normalized spacial score (nSPS) is 10.9. The second kappa shape index (κ2) is 8.11. The molecule has 4 heterocycles. The summed E-state index contributed by atoms with van der Waals surface area (Å²) in [5, 5.41) is 15.2. The first kappa shape index (κ1) is 19.2. The Kier molecular flexibility index (Phi) is 5.21. The lowest BCUT2D eigenvalue weighted by atomic mass is 10.3. The molecule has 0 aliphatic heterocycles. The van der Waals surface area contributed by atoms with Crippen molar-refractivity contribution >= 4 is 11.7 Å². The van der Waals surface area contributed by atoms with E-state index in [-0.39, 0.29) is 23.4 Å². The molecule has 30 heavy (non-hydrogen) atoms. The molecule has 0 saturated carbocycles. The molecule has 0 spiro atoms. The van der Waals surface area contributed by atoms with Crippen LogP contribution in [0, 0.1) is 0 Å². The first-order valence-electron chi connectivity index (χ1n) is 9.29. The Bertz CT molecular complexity index is 1170. The second-order valence-electron chi connectivity index (χ2n) is 6.72. The molecular weight excluding hydrogens is 384 g/mol. The number of nitrogens with one attached hydrogen (secondary N) is 1. The molecule has 10 nitrogen and oxygen atoms in total. The van der Waals surface area contributed by atoms with Gasteiger partial charge in [-0.25, -0.2) is 9.67 Å². The topological polar surface area (TPSA) is 113 Å². The highest BCUT2D eigenvalue weighted by Gasteiger charge is 2.19. The zero-order valence-electron chi connectivity index (χ0n) is 16.7. The lowest BCUT2D eigenvalue weighted by Crippen LogP contribution is -2.13. The quantitative estimate of drug-likeness (QED) is 0.526. The highest BCUT2D eigenvalue weighted by atomic mass is 16.5. The van der Waals surface area contributed by atoms with Crippen LogP contribution in [0.15, 0.2) is 55.2 Å². The molecule has 0 saturated heterocycles. The summed E-state index contributed by atoms with van der Waals surface area (Å²) in [5.41, 5.74) is 1.65. The minimum atomic E-state index is -0.387. The average molecular weight is 404 g/mol. The summed E-state index contributed by atoms with van der Waals surface area (Å²) >= 11 is 0. The number of aromatic nitrogens is 7. The van der Waals surface area contributed by atoms with Crippen molar-refractivity contribution in [1.82, 2.24) is 34.5 Å². The number of anilines is 1. The molecule has 10 heteroatoms. The molecule has 1 N–H and O–H groups in total. The summed E-state index contributed by atoms with van der Waals surface area (Å²) in [6, 6.07) is 9.07. The molecule has 0 aromatic carbocycles. The van der Waals surface area contributed by atoms with Crippen LogP contribution in [0.3, 0.4) is 0 Å². The molecule has 0 aliphatic carbocycles. The fourth-order valence-corrected chi connectivity index (χ4v) is 2.91. The van der Waals surface area contributed by atoms with Crippen LogP contribution in [0.5, 0.6) is 5.88 Å². The van der Waals surface area contributed by atoms with Crippen LogP contribution in [0.4, 0.5) is 5.82 Å². The van der Waals surface area contributed by atoms with Crippen molar-refractivity contribution in [2.24, 2.45) is 0 Å². The first-order valence-corrected chi connectivity index (χ1v) is 9.29. The van der Waals surface area contributed by atoms with E-state index in [1.54, 1.807) is 53.9 Å². The number of carbonyl (C=O) groups is 1. The van der Waals surface area contributed by atoms with Gasteiger partial charge < -0.3 is 14.6 Å². The first-order chi connectivity index (χ1) is 14.6. The smallest absolute Gasteiger partial charge is 0.263 e. The molecule has 0 aliphatic rings. The number of ether oxygens (including phenoxy) is 1. The van der Waals surface area contributed by atoms with Gasteiger partial charge >= 0.3 is 0 Å². The summed E-state index contributed by atoms with van der Waals surface area (Å²) in [7, 11) is 1.47. The maximum atomic E-state index is 12.9. The van der Waals surface area contributed by atoms with Gasteiger partial charge in [-0.1, -0.05) is 6.07 Å². The molecule has 4 rings (SSSR count). The van der Waals surface area contributed by atoms with Gasteiger partial charge in [0.15, 0.2) is 5.82 Å². The fraction of sp³-hybridized carbons (Fsp3) is 0.200. The van der Waals surface area contributed by atoms with Gasteiger partial charge in [-0.2, -0.15) is 0 Å².